The lowest BCUT2D eigenvalue weighted by Crippen LogP contribution is -2.49. The standard InChI is InChI=1S/C21H27N7/c1-13-12-27(17-6-3-15(10-22)4-7-17)20-9-16(18(25)11-23)5-8-19(20)28(14(2)24)21(13)26/h3-9,13,18,21,24H,11-12,23,25-26H2,1-2H3/t13-,18?,21?/m0/s1. The van der Waals surface area contributed by atoms with Crippen LogP contribution in [0.4, 0.5) is 17.1 Å². The smallest absolute Gasteiger partial charge is 0.0991 e. The van der Waals surface area contributed by atoms with Gasteiger partial charge in [0.05, 0.1) is 35.0 Å². The van der Waals surface area contributed by atoms with Gasteiger partial charge in [-0.3, -0.25) is 5.41 Å². The maximum atomic E-state index is 9.10. The van der Waals surface area contributed by atoms with Crippen molar-refractivity contribution >= 4 is 22.9 Å². The van der Waals surface area contributed by atoms with Crippen LogP contribution >= 0.6 is 0 Å². The molecule has 1 aliphatic heterocycles. The summed E-state index contributed by atoms with van der Waals surface area (Å²) in [5, 5.41) is 17.4. The van der Waals surface area contributed by atoms with Crippen molar-refractivity contribution in [1.29, 1.82) is 10.7 Å². The Balaban J connectivity index is 2.20. The van der Waals surface area contributed by atoms with Gasteiger partial charge in [-0.05, 0) is 48.9 Å². The second kappa shape index (κ2) is 7.98. The monoisotopic (exact) mass is 377 g/mol. The van der Waals surface area contributed by atoms with E-state index in [4.69, 9.17) is 27.9 Å². The van der Waals surface area contributed by atoms with E-state index in [2.05, 4.69) is 17.9 Å². The molecule has 0 spiro atoms. The van der Waals surface area contributed by atoms with Crippen LogP contribution in [0.1, 0.15) is 31.0 Å². The summed E-state index contributed by atoms with van der Waals surface area (Å²) in [5.74, 6) is 0.480. The van der Waals surface area contributed by atoms with E-state index in [9.17, 15) is 0 Å². The minimum Gasteiger partial charge on any atom is -0.339 e. The molecule has 2 aromatic carbocycles. The molecule has 0 saturated carbocycles. The van der Waals surface area contributed by atoms with E-state index in [-0.39, 0.29) is 18.1 Å². The topological polar surface area (TPSA) is 132 Å². The Morgan fingerprint density at radius 2 is 1.93 bits per heavy atom. The number of rotatable bonds is 3. The van der Waals surface area contributed by atoms with Crippen molar-refractivity contribution in [1.82, 2.24) is 0 Å². The highest BCUT2D eigenvalue weighted by atomic mass is 15.3. The van der Waals surface area contributed by atoms with Crippen molar-refractivity contribution in [2.24, 2.45) is 23.1 Å². The van der Waals surface area contributed by atoms with E-state index in [1.807, 2.05) is 35.2 Å². The van der Waals surface area contributed by atoms with Crippen LogP contribution in [0.15, 0.2) is 42.5 Å². The first-order valence-corrected chi connectivity index (χ1v) is 9.34. The molecule has 3 rings (SSSR count). The van der Waals surface area contributed by atoms with Gasteiger partial charge in [-0.1, -0.05) is 13.0 Å². The molecule has 0 aromatic heterocycles. The number of hydrogen-bond donors (Lipinski definition) is 4. The van der Waals surface area contributed by atoms with Crippen LogP contribution in [0.3, 0.4) is 0 Å². The minimum atomic E-state index is -0.325. The van der Waals surface area contributed by atoms with Crippen LogP contribution < -0.4 is 27.0 Å². The fourth-order valence-corrected chi connectivity index (χ4v) is 3.60. The third kappa shape index (κ3) is 3.58. The van der Waals surface area contributed by atoms with Gasteiger partial charge in [-0.25, -0.2) is 0 Å². The lowest BCUT2D eigenvalue weighted by Gasteiger charge is -2.31. The van der Waals surface area contributed by atoms with E-state index in [1.165, 1.54) is 0 Å². The normalized spacial score (nSPS) is 20.1. The second-order valence-electron chi connectivity index (χ2n) is 7.28. The molecule has 3 atom stereocenters. The zero-order chi connectivity index (χ0) is 20.4. The number of nitriles is 1. The number of nitrogens with two attached hydrogens (primary N) is 3. The molecular formula is C21H27N7. The summed E-state index contributed by atoms with van der Waals surface area (Å²) in [7, 11) is 0. The number of nitrogens with zero attached hydrogens (tertiary/aromatic N) is 3. The summed E-state index contributed by atoms with van der Waals surface area (Å²) in [5.41, 5.74) is 22.8. The van der Waals surface area contributed by atoms with Gasteiger partial charge in [0.15, 0.2) is 0 Å². The Labute approximate surface area is 165 Å². The molecule has 7 heteroatoms. The van der Waals surface area contributed by atoms with E-state index >= 15 is 0 Å². The van der Waals surface area contributed by atoms with Crippen LogP contribution in [-0.2, 0) is 0 Å². The fourth-order valence-electron chi connectivity index (χ4n) is 3.60. The van der Waals surface area contributed by atoms with Gasteiger partial charge in [-0.2, -0.15) is 5.26 Å². The molecule has 0 radical (unpaired) electrons. The first kappa shape index (κ1) is 19.8. The van der Waals surface area contributed by atoms with Gasteiger partial charge in [0, 0.05) is 30.7 Å². The van der Waals surface area contributed by atoms with Crippen molar-refractivity contribution in [2.75, 3.05) is 22.9 Å². The molecular weight excluding hydrogens is 350 g/mol. The first-order valence-electron chi connectivity index (χ1n) is 9.34. The van der Waals surface area contributed by atoms with Crippen LogP contribution in [0.2, 0.25) is 0 Å². The lowest BCUT2D eigenvalue weighted by atomic mass is 10.0. The predicted molar refractivity (Wildman–Crippen MR) is 114 cm³/mol. The zero-order valence-electron chi connectivity index (χ0n) is 16.3. The second-order valence-corrected chi connectivity index (χ2v) is 7.28. The van der Waals surface area contributed by atoms with Crippen molar-refractivity contribution in [3.63, 3.8) is 0 Å². The Hall–Kier alpha value is -2.92. The summed E-state index contributed by atoms with van der Waals surface area (Å²) in [6.07, 6.45) is -0.325. The average Bonchev–Trinajstić information content (AvgIpc) is 2.81. The quantitative estimate of drug-likeness (QED) is 0.479. The summed E-state index contributed by atoms with van der Waals surface area (Å²) in [6, 6.07) is 15.3. The van der Waals surface area contributed by atoms with Crippen molar-refractivity contribution < 1.29 is 0 Å². The Kier molecular flexibility index (Phi) is 5.66. The Bertz CT molecular complexity index is 900. The molecule has 0 saturated heterocycles. The summed E-state index contributed by atoms with van der Waals surface area (Å²) >= 11 is 0. The van der Waals surface area contributed by atoms with Crippen LogP contribution in [0, 0.1) is 22.7 Å². The highest BCUT2D eigenvalue weighted by Gasteiger charge is 2.32. The molecule has 7 N–H and O–H groups in total. The van der Waals surface area contributed by atoms with Crippen LogP contribution in [0.5, 0.6) is 0 Å². The lowest BCUT2D eigenvalue weighted by molar-refractivity contribution is 0.480. The number of fused-ring (bicyclic) bond motifs is 1. The number of benzene rings is 2. The molecule has 146 valence electrons. The molecule has 0 aliphatic carbocycles. The third-order valence-electron chi connectivity index (χ3n) is 5.25. The molecule has 1 heterocycles. The average molecular weight is 377 g/mol. The van der Waals surface area contributed by atoms with Crippen molar-refractivity contribution in [3.05, 3.63) is 53.6 Å². The number of hydrogen-bond acceptors (Lipinski definition) is 6. The Morgan fingerprint density at radius 3 is 2.50 bits per heavy atom. The predicted octanol–water partition coefficient (Wildman–Crippen LogP) is 2.39. The highest BCUT2D eigenvalue weighted by Crippen LogP contribution is 2.40. The fraction of sp³-hybridized carbons (Fsp3) is 0.333. The molecule has 7 nitrogen and oxygen atoms in total. The summed E-state index contributed by atoms with van der Waals surface area (Å²) < 4.78 is 0. The largest absolute Gasteiger partial charge is 0.339 e. The van der Waals surface area contributed by atoms with Gasteiger partial charge >= 0.3 is 0 Å². The van der Waals surface area contributed by atoms with Gasteiger partial charge in [0.25, 0.3) is 0 Å². The summed E-state index contributed by atoms with van der Waals surface area (Å²) in [4.78, 5) is 4.04. The number of anilines is 3. The van der Waals surface area contributed by atoms with Gasteiger partial charge < -0.3 is 27.0 Å². The molecule has 28 heavy (non-hydrogen) atoms. The van der Waals surface area contributed by atoms with Gasteiger partial charge in [-0.15, -0.1) is 0 Å². The highest BCUT2D eigenvalue weighted by molar-refractivity contribution is 5.99. The van der Waals surface area contributed by atoms with E-state index in [0.717, 1.165) is 22.6 Å². The Morgan fingerprint density at radius 1 is 1.25 bits per heavy atom. The maximum Gasteiger partial charge on any atom is 0.0991 e. The molecule has 0 bridgehead atoms. The molecule has 2 unspecified atom stereocenters. The SMILES string of the molecule is CC(=N)N1c2ccc(C(N)CN)cc2N(c2ccc(C#N)cc2)C[C@H](C)C1N. The van der Waals surface area contributed by atoms with Crippen molar-refractivity contribution in [2.45, 2.75) is 26.1 Å². The van der Waals surface area contributed by atoms with Gasteiger partial charge in [0.1, 0.15) is 0 Å². The number of amidine groups is 1. The molecule has 0 amide bonds. The van der Waals surface area contributed by atoms with Gasteiger partial charge in [0.2, 0.25) is 0 Å². The maximum absolute atomic E-state index is 9.10. The van der Waals surface area contributed by atoms with E-state index in [0.29, 0.717) is 24.5 Å². The van der Waals surface area contributed by atoms with Crippen molar-refractivity contribution in [3.8, 4) is 6.07 Å². The van der Waals surface area contributed by atoms with Crippen LogP contribution in [0.25, 0.3) is 0 Å². The molecule has 0 fully saturated rings. The van der Waals surface area contributed by atoms with Crippen LogP contribution in [-0.4, -0.2) is 25.1 Å². The summed E-state index contributed by atoms with van der Waals surface area (Å²) in [6.45, 7) is 4.84. The first-order chi connectivity index (χ1) is 13.4. The third-order valence-corrected chi connectivity index (χ3v) is 5.25. The van der Waals surface area contributed by atoms with E-state index in [1.54, 1.807) is 19.1 Å². The van der Waals surface area contributed by atoms with E-state index < -0.39 is 0 Å². The molecule has 1 aliphatic rings. The molecule has 2 aromatic rings. The minimum absolute atomic E-state index is 0.0926. The number of nitrogens with one attached hydrogen (secondary N) is 1. The zero-order valence-corrected chi connectivity index (χ0v) is 16.3.